The first-order valence-corrected chi connectivity index (χ1v) is 5.84. The van der Waals surface area contributed by atoms with Crippen LogP contribution in [0.3, 0.4) is 0 Å². The van der Waals surface area contributed by atoms with Gasteiger partial charge in [0.2, 0.25) is 5.91 Å². The van der Waals surface area contributed by atoms with Crippen molar-refractivity contribution >= 4 is 5.91 Å². The molecule has 88 valence electrons. The number of nitrogens with two attached hydrogens (primary N) is 1. The third-order valence-corrected chi connectivity index (χ3v) is 2.63. The van der Waals surface area contributed by atoms with Gasteiger partial charge in [0.05, 0.1) is 5.54 Å². The first-order valence-electron chi connectivity index (χ1n) is 5.84. The van der Waals surface area contributed by atoms with Crippen LogP contribution in [-0.2, 0) is 9.53 Å². The first kappa shape index (κ1) is 12.5. The number of carbonyl (C=O) groups excluding carboxylic acids is 1. The van der Waals surface area contributed by atoms with Gasteiger partial charge in [-0.3, -0.25) is 4.79 Å². The van der Waals surface area contributed by atoms with Gasteiger partial charge in [0, 0.05) is 19.8 Å². The average Bonchev–Trinajstić information content (AvgIpc) is 2.96. The van der Waals surface area contributed by atoms with Crippen LogP contribution in [0.4, 0.5) is 0 Å². The van der Waals surface area contributed by atoms with Gasteiger partial charge >= 0.3 is 0 Å². The molecule has 1 rings (SSSR count). The van der Waals surface area contributed by atoms with Crippen LogP contribution in [0.25, 0.3) is 0 Å². The summed E-state index contributed by atoms with van der Waals surface area (Å²) < 4.78 is 5.37. The summed E-state index contributed by atoms with van der Waals surface area (Å²) in [7, 11) is 0. The lowest BCUT2D eigenvalue weighted by atomic mass is 10.2. The Balaban J connectivity index is 1.86. The molecule has 0 saturated heterocycles. The molecular weight excluding hydrogens is 192 g/mol. The molecular formula is C11H22N2O2. The standard InChI is InChI=1S/C11H22N2O2/c1-2-3-8-15-9-4-7-13-10(14)11(12)5-6-11/h2-9,12H2,1H3,(H,13,14). The van der Waals surface area contributed by atoms with Gasteiger partial charge in [-0.25, -0.2) is 0 Å². The SMILES string of the molecule is CCCCOCCCNC(=O)C1(N)CC1. The zero-order valence-electron chi connectivity index (χ0n) is 9.55. The van der Waals surface area contributed by atoms with Crippen molar-refractivity contribution in [2.75, 3.05) is 19.8 Å². The van der Waals surface area contributed by atoms with Crippen LogP contribution in [0.15, 0.2) is 0 Å². The summed E-state index contributed by atoms with van der Waals surface area (Å²) in [6.07, 6.45) is 4.79. The number of amides is 1. The van der Waals surface area contributed by atoms with E-state index in [-0.39, 0.29) is 5.91 Å². The maximum Gasteiger partial charge on any atom is 0.240 e. The van der Waals surface area contributed by atoms with Crippen molar-refractivity contribution in [2.24, 2.45) is 5.73 Å². The van der Waals surface area contributed by atoms with E-state index < -0.39 is 5.54 Å². The van der Waals surface area contributed by atoms with Gasteiger partial charge < -0.3 is 15.8 Å². The molecule has 1 saturated carbocycles. The third-order valence-electron chi connectivity index (χ3n) is 2.63. The minimum absolute atomic E-state index is 0.00365. The van der Waals surface area contributed by atoms with Crippen molar-refractivity contribution in [1.29, 1.82) is 0 Å². The molecule has 0 radical (unpaired) electrons. The lowest BCUT2D eigenvalue weighted by Crippen LogP contribution is -2.43. The second kappa shape index (κ2) is 6.08. The number of ether oxygens (including phenoxy) is 1. The Labute approximate surface area is 91.5 Å². The molecule has 0 aromatic heterocycles. The number of hydrogen-bond donors (Lipinski definition) is 2. The number of hydrogen-bond acceptors (Lipinski definition) is 3. The zero-order chi connectivity index (χ0) is 11.1. The van der Waals surface area contributed by atoms with Gasteiger partial charge in [-0.2, -0.15) is 0 Å². The number of nitrogens with one attached hydrogen (secondary N) is 1. The second-order valence-corrected chi connectivity index (χ2v) is 4.23. The van der Waals surface area contributed by atoms with Crippen LogP contribution in [0.1, 0.15) is 39.0 Å². The van der Waals surface area contributed by atoms with Crippen LogP contribution in [0.5, 0.6) is 0 Å². The molecule has 0 heterocycles. The maximum atomic E-state index is 11.4. The molecule has 4 heteroatoms. The molecule has 1 aliphatic carbocycles. The molecule has 3 N–H and O–H groups in total. The maximum absolute atomic E-state index is 11.4. The Morgan fingerprint density at radius 3 is 2.67 bits per heavy atom. The third kappa shape index (κ3) is 4.62. The number of rotatable bonds is 8. The van der Waals surface area contributed by atoms with Crippen LogP contribution in [-0.4, -0.2) is 31.2 Å². The Morgan fingerprint density at radius 1 is 1.40 bits per heavy atom. The van der Waals surface area contributed by atoms with E-state index in [0.29, 0.717) is 6.54 Å². The summed E-state index contributed by atoms with van der Waals surface area (Å²) in [5.74, 6) is -0.00365. The van der Waals surface area contributed by atoms with E-state index in [2.05, 4.69) is 12.2 Å². The Bertz CT molecular complexity index is 203. The second-order valence-electron chi connectivity index (χ2n) is 4.23. The summed E-state index contributed by atoms with van der Waals surface area (Å²) in [5, 5.41) is 2.83. The quantitative estimate of drug-likeness (QED) is 0.587. The van der Waals surface area contributed by atoms with E-state index in [1.807, 2.05) is 0 Å². The van der Waals surface area contributed by atoms with Crippen molar-refractivity contribution in [3.8, 4) is 0 Å². The molecule has 0 atom stereocenters. The van der Waals surface area contributed by atoms with Crippen LogP contribution in [0.2, 0.25) is 0 Å². The Morgan fingerprint density at radius 2 is 2.07 bits per heavy atom. The van der Waals surface area contributed by atoms with Gasteiger partial charge in [0.1, 0.15) is 0 Å². The van der Waals surface area contributed by atoms with E-state index >= 15 is 0 Å². The Hall–Kier alpha value is -0.610. The molecule has 1 amide bonds. The fourth-order valence-corrected chi connectivity index (χ4v) is 1.26. The molecule has 0 bridgehead atoms. The largest absolute Gasteiger partial charge is 0.381 e. The van der Waals surface area contributed by atoms with Crippen molar-refractivity contribution in [2.45, 2.75) is 44.6 Å². The van der Waals surface area contributed by atoms with E-state index in [1.54, 1.807) is 0 Å². The van der Waals surface area contributed by atoms with Crippen molar-refractivity contribution in [1.82, 2.24) is 5.32 Å². The van der Waals surface area contributed by atoms with E-state index in [9.17, 15) is 4.79 Å². The van der Waals surface area contributed by atoms with Gasteiger partial charge in [-0.15, -0.1) is 0 Å². The van der Waals surface area contributed by atoms with Crippen molar-refractivity contribution in [3.63, 3.8) is 0 Å². The monoisotopic (exact) mass is 214 g/mol. The summed E-state index contributed by atoms with van der Waals surface area (Å²) >= 11 is 0. The molecule has 0 aromatic rings. The van der Waals surface area contributed by atoms with Gasteiger partial charge in [0.15, 0.2) is 0 Å². The fourth-order valence-electron chi connectivity index (χ4n) is 1.26. The predicted octanol–water partition coefficient (Wildman–Crippen LogP) is 0.801. The molecule has 15 heavy (non-hydrogen) atoms. The Kier molecular flexibility index (Phi) is 5.05. The highest BCUT2D eigenvalue weighted by atomic mass is 16.5. The van der Waals surface area contributed by atoms with Crippen molar-refractivity contribution < 1.29 is 9.53 Å². The minimum Gasteiger partial charge on any atom is -0.381 e. The van der Waals surface area contributed by atoms with E-state index in [0.717, 1.165) is 45.3 Å². The number of unbranched alkanes of at least 4 members (excludes halogenated alkanes) is 1. The highest BCUT2D eigenvalue weighted by molar-refractivity contribution is 5.88. The normalized spacial score (nSPS) is 17.5. The number of carbonyl (C=O) groups is 1. The van der Waals surface area contributed by atoms with Crippen LogP contribution >= 0.6 is 0 Å². The summed E-state index contributed by atoms with van der Waals surface area (Å²) in [6.45, 7) is 4.35. The molecule has 4 nitrogen and oxygen atoms in total. The summed E-state index contributed by atoms with van der Waals surface area (Å²) in [4.78, 5) is 11.4. The lowest BCUT2D eigenvalue weighted by Gasteiger charge is -2.09. The van der Waals surface area contributed by atoms with Gasteiger partial charge in [0.25, 0.3) is 0 Å². The average molecular weight is 214 g/mol. The van der Waals surface area contributed by atoms with E-state index in [4.69, 9.17) is 10.5 Å². The molecule has 0 aromatic carbocycles. The van der Waals surface area contributed by atoms with E-state index in [1.165, 1.54) is 0 Å². The molecule has 0 spiro atoms. The van der Waals surface area contributed by atoms with Crippen molar-refractivity contribution in [3.05, 3.63) is 0 Å². The summed E-state index contributed by atoms with van der Waals surface area (Å²) in [6, 6.07) is 0. The molecule has 0 unspecified atom stereocenters. The van der Waals surface area contributed by atoms with Gasteiger partial charge in [-0.05, 0) is 25.7 Å². The zero-order valence-corrected chi connectivity index (χ0v) is 9.55. The fraction of sp³-hybridized carbons (Fsp3) is 0.909. The van der Waals surface area contributed by atoms with Crippen LogP contribution < -0.4 is 11.1 Å². The topological polar surface area (TPSA) is 64.3 Å². The first-order chi connectivity index (χ1) is 7.19. The predicted molar refractivity (Wildman–Crippen MR) is 59.5 cm³/mol. The van der Waals surface area contributed by atoms with Crippen LogP contribution in [0, 0.1) is 0 Å². The smallest absolute Gasteiger partial charge is 0.240 e. The summed E-state index contributed by atoms with van der Waals surface area (Å²) in [5.41, 5.74) is 5.19. The highest BCUT2D eigenvalue weighted by Gasteiger charge is 2.45. The minimum atomic E-state index is -0.539. The molecule has 1 aliphatic rings. The lowest BCUT2D eigenvalue weighted by molar-refractivity contribution is -0.123. The van der Waals surface area contributed by atoms with Gasteiger partial charge in [-0.1, -0.05) is 13.3 Å². The molecule has 1 fully saturated rings. The highest BCUT2D eigenvalue weighted by Crippen LogP contribution is 2.31. The molecule has 0 aliphatic heterocycles.